The van der Waals surface area contributed by atoms with Crippen LogP contribution in [0.2, 0.25) is 5.02 Å². The maximum absolute atomic E-state index is 12.5. The second kappa shape index (κ2) is 7.88. The van der Waals surface area contributed by atoms with Crippen LogP contribution in [0.3, 0.4) is 0 Å². The van der Waals surface area contributed by atoms with E-state index in [1.54, 1.807) is 18.5 Å². The summed E-state index contributed by atoms with van der Waals surface area (Å²) in [5.41, 5.74) is 0.924. The molecule has 4 aromatic rings. The number of aromatic amines is 1. The molecule has 7 heteroatoms. The third kappa shape index (κ3) is 3.65. The molecule has 2 aromatic carbocycles. The van der Waals surface area contributed by atoms with Crippen LogP contribution in [-0.4, -0.2) is 40.2 Å². The Kier molecular flexibility index (Phi) is 5.14. The number of H-pyrrole nitrogens is 1. The third-order valence-electron chi connectivity index (χ3n) is 4.45. The van der Waals surface area contributed by atoms with Crippen LogP contribution >= 0.6 is 11.6 Å². The molecule has 1 unspecified atom stereocenters. The van der Waals surface area contributed by atoms with E-state index in [0.717, 1.165) is 10.8 Å². The van der Waals surface area contributed by atoms with Gasteiger partial charge < -0.3 is 20.1 Å². The van der Waals surface area contributed by atoms with Gasteiger partial charge in [0.2, 0.25) is 0 Å². The predicted octanol–water partition coefficient (Wildman–Crippen LogP) is 3.54. The second-order valence-electron chi connectivity index (χ2n) is 6.37. The van der Waals surface area contributed by atoms with Crippen molar-refractivity contribution in [2.45, 2.75) is 6.10 Å². The number of aromatic nitrogens is 2. The lowest BCUT2D eigenvalue weighted by Crippen LogP contribution is -2.35. The standard InChI is InChI=1S/C21H18ClN3O3/c22-17-8-9-23-20-19(17)16(11-24-20)21(27)25-10-14(26)12-28-18-7-3-5-13-4-1-2-6-15(13)18/h1-9,11,14,26H,10,12H2,(H,23,24)(H,25,27). The number of carbonyl (C=O) groups is 1. The van der Waals surface area contributed by atoms with E-state index in [-0.39, 0.29) is 19.1 Å². The van der Waals surface area contributed by atoms with Crippen molar-refractivity contribution in [2.75, 3.05) is 13.2 Å². The first kappa shape index (κ1) is 18.3. The Morgan fingerprint density at radius 3 is 2.93 bits per heavy atom. The average Bonchev–Trinajstić information content (AvgIpc) is 3.16. The topological polar surface area (TPSA) is 87.2 Å². The van der Waals surface area contributed by atoms with E-state index in [1.807, 2.05) is 42.5 Å². The summed E-state index contributed by atoms with van der Waals surface area (Å²) in [5.74, 6) is 0.350. The molecule has 0 aliphatic carbocycles. The zero-order valence-corrected chi connectivity index (χ0v) is 15.6. The van der Waals surface area contributed by atoms with Crippen molar-refractivity contribution < 1.29 is 14.6 Å². The average molecular weight is 396 g/mol. The van der Waals surface area contributed by atoms with E-state index in [2.05, 4.69) is 15.3 Å². The van der Waals surface area contributed by atoms with Crippen LogP contribution in [0.15, 0.2) is 60.9 Å². The van der Waals surface area contributed by atoms with Crippen LogP contribution in [0.5, 0.6) is 5.75 Å². The fourth-order valence-corrected chi connectivity index (χ4v) is 3.32. The number of hydrogen-bond acceptors (Lipinski definition) is 4. The van der Waals surface area contributed by atoms with Crippen molar-refractivity contribution in [3.63, 3.8) is 0 Å². The highest BCUT2D eigenvalue weighted by atomic mass is 35.5. The van der Waals surface area contributed by atoms with Gasteiger partial charge in [0.05, 0.1) is 16.0 Å². The Morgan fingerprint density at radius 2 is 2.04 bits per heavy atom. The van der Waals surface area contributed by atoms with Gasteiger partial charge in [0.15, 0.2) is 0 Å². The normalized spacial score (nSPS) is 12.2. The summed E-state index contributed by atoms with van der Waals surface area (Å²) in [6.07, 6.45) is 2.26. The van der Waals surface area contributed by atoms with Crippen molar-refractivity contribution in [3.8, 4) is 5.75 Å². The molecule has 142 valence electrons. The molecule has 0 saturated carbocycles. The fraction of sp³-hybridized carbons (Fsp3) is 0.143. The van der Waals surface area contributed by atoms with Gasteiger partial charge in [-0.25, -0.2) is 4.98 Å². The number of pyridine rings is 1. The van der Waals surface area contributed by atoms with E-state index in [0.29, 0.717) is 27.4 Å². The first-order valence-electron chi connectivity index (χ1n) is 8.82. The largest absolute Gasteiger partial charge is 0.490 e. The monoisotopic (exact) mass is 395 g/mol. The predicted molar refractivity (Wildman–Crippen MR) is 109 cm³/mol. The first-order chi connectivity index (χ1) is 13.6. The molecule has 1 atom stereocenters. The first-order valence-corrected chi connectivity index (χ1v) is 9.19. The van der Waals surface area contributed by atoms with Gasteiger partial charge in [0.25, 0.3) is 5.91 Å². The quantitative estimate of drug-likeness (QED) is 0.466. The van der Waals surface area contributed by atoms with E-state index >= 15 is 0 Å². The van der Waals surface area contributed by atoms with E-state index in [1.165, 1.54) is 0 Å². The Hall–Kier alpha value is -3.09. The number of benzene rings is 2. The number of halogens is 1. The Labute approximate surface area is 166 Å². The molecule has 0 fully saturated rings. The van der Waals surface area contributed by atoms with Crippen LogP contribution in [0.25, 0.3) is 21.8 Å². The molecule has 6 nitrogen and oxygen atoms in total. The molecule has 0 radical (unpaired) electrons. The summed E-state index contributed by atoms with van der Waals surface area (Å²) in [4.78, 5) is 19.5. The van der Waals surface area contributed by atoms with Crippen LogP contribution in [0.1, 0.15) is 10.4 Å². The SMILES string of the molecule is O=C(NCC(O)COc1cccc2ccccc12)c1c[nH]c2nccc(Cl)c12. The van der Waals surface area contributed by atoms with Crippen LogP contribution < -0.4 is 10.1 Å². The Morgan fingerprint density at radius 1 is 1.21 bits per heavy atom. The van der Waals surface area contributed by atoms with Gasteiger partial charge in [-0.2, -0.15) is 0 Å². The number of aliphatic hydroxyl groups excluding tert-OH is 1. The van der Waals surface area contributed by atoms with Crippen LogP contribution in [-0.2, 0) is 0 Å². The number of rotatable bonds is 6. The number of nitrogens with one attached hydrogen (secondary N) is 2. The number of hydrogen-bond donors (Lipinski definition) is 3. The minimum Gasteiger partial charge on any atom is -0.490 e. The van der Waals surface area contributed by atoms with Crippen molar-refractivity contribution in [2.24, 2.45) is 0 Å². The summed E-state index contributed by atoms with van der Waals surface area (Å²) in [5, 5.41) is 15.9. The van der Waals surface area contributed by atoms with Gasteiger partial charge in [-0.3, -0.25) is 4.79 Å². The molecule has 2 heterocycles. The van der Waals surface area contributed by atoms with Crippen molar-refractivity contribution in [1.82, 2.24) is 15.3 Å². The minimum atomic E-state index is -0.860. The lowest BCUT2D eigenvalue weighted by Gasteiger charge is -2.14. The highest BCUT2D eigenvalue weighted by molar-refractivity contribution is 6.36. The number of nitrogens with zero attached hydrogens (tertiary/aromatic N) is 1. The maximum atomic E-state index is 12.5. The molecule has 28 heavy (non-hydrogen) atoms. The fourth-order valence-electron chi connectivity index (χ4n) is 3.07. The number of carbonyl (C=O) groups excluding carboxylic acids is 1. The summed E-state index contributed by atoms with van der Waals surface area (Å²) in [6, 6.07) is 15.3. The Bertz CT molecular complexity index is 1140. The molecular weight excluding hydrogens is 378 g/mol. The molecule has 0 aliphatic heterocycles. The smallest absolute Gasteiger partial charge is 0.253 e. The van der Waals surface area contributed by atoms with Crippen molar-refractivity contribution in [3.05, 3.63) is 71.5 Å². The summed E-state index contributed by atoms with van der Waals surface area (Å²) < 4.78 is 5.75. The molecule has 0 aliphatic rings. The number of amides is 1. The Balaban J connectivity index is 1.37. The molecule has 2 aromatic heterocycles. The van der Waals surface area contributed by atoms with E-state index < -0.39 is 6.10 Å². The van der Waals surface area contributed by atoms with Gasteiger partial charge in [-0.05, 0) is 17.5 Å². The van der Waals surface area contributed by atoms with E-state index in [9.17, 15) is 9.90 Å². The van der Waals surface area contributed by atoms with Gasteiger partial charge in [0, 0.05) is 24.3 Å². The van der Waals surface area contributed by atoms with Crippen molar-refractivity contribution in [1.29, 1.82) is 0 Å². The molecule has 1 amide bonds. The van der Waals surface area contributed by atoms with Crippen molar-refractivity contribution >= 4 is 39.3 Å². The number of aliphatic hydroxyl groups is 1. The lowest BCUT2D eigenvalue weighted by atomic mass is 10.1. The zero-order valence-electron chi connectivity index (χ0n) is 14.9. The number of fused-ring (bicyclic) bond motifs is 2. The number of ether oxygens (including phenoxy) is 1. The van der Waals surface area contributed by atoms with Gasteiger partial charge in [-0.1, -0.05) is 48.0 Å². The van der Waals surface area contributed by atoms with Gasteiger partial charge in [0.1, 0.15) is 24.1 Å². The summed E-state index contributed by atoms with van der Waals surface area (Å²) >= 11 is 6.17. The van der Waals surface area contributed by atoms with Crippen LogP contribution in [0.4, 0.5) is 0 Å². The van der Waals surface area contributed by atoms with Gasteiger partial charge >= 0.3 is 0 Å². The lowest BCUT2D eigenvalue weighted by molar-refractivity contribution is 0.0847. The van der Waals surface area contributed by atoms with Gasteiger partial charge in [-0.15, -0.1) is 0 Å². The molecular formula is C21H18ClN3O3. The highest BCUT2D eigenvalue weighted by Gasteiger charge is 2.16. The third-order valence-corrected chi connectivity index (χ3v) is 4.76. The van der Waals surface area contributed by atoms with E-state index in [4.69, 9.17) is 16.3 Å². The molecule has 4 rings (SSSR count). The van der Waals surface area contributed by atoms with Crippen LogP contribution in [0, 0.1) is 0 Å². The molecule has 0 saturated heterocycles. The second-order valence-corrected chi connectivity index (χ2v) is 6.78. The molecule has 0 spiro atoms. The summed E-state index contributed by atoms with van der Waals surface area (Å²) in [7, 11) is 0. The maximum Gasteiger partial charge on any atom is 0.253 e. The summed E-state index contributed by atoms with van der Waals surface area (Å²) in [6.45, 7) is 0.110. The highest BCUT2D eigenvalue weighted by Crippen LogP contribution is 2.26. The molecule has 3 N–H and O–H groups in total. The molecule has 0 bridgehead atoms. The zero-order chi connectivity index (χ0) is 19.5. The minimum absolute atomic E-state index is 0.0498.